The molecule has 1 heterocycles. The van der Waals surface area contributed by atoms with E-state index in [4.69, 9.17) is 4.74 Å². The minimum absolute atomic E-state index is 0. The maximum Gasteiger partial charge on any atom is 0.191 e. The van der Waals surface area contributed by atoms with Crippen molar-refractivity contribution in [1.82, 2.24) is 10.6 Å². The number of nitrogens with one attached hydrogen (secondary N) is 2. The largest absolute Gasteiger partial charge is 0.497 e. The second kappa shape index (κ2) is 10.4. The van der Waals surface area contributed by atoms with Crippen LogP contribution in [0.25, 0.3) is 0 Å². The topological polar surface area (TPSA) is 45.7 Å². The zero-order chi connectivity index (χ0) is 14.9. The van der Waals surface area contributed by atoms with Crippen molar-refractivity contribution in [1.29, 1.82) is 0 Å². The van der Waals surface area contributed by atoms with E-state index in [0.29, 0.717) is 0 Å². The fraction of sp³-hybridized carbons (Fsp3) is 0.312. The number of ether oxygens (including phenoxy) is 1. The Morgan fingerprint density at radius 1 is 1.18 bits per heavy atom. The van der Waals surface area contributed by atoms with Crippen molar-refractivity contribution >= 4 is 41.3 Å². The first kappa shape index (κ1) is 18.8. The van der Waals surface area contributed by atoms with Crippen LogP contribution in [0.3, 0.4) is 0 Å². The minimum atomic E-state index is 0. The quantitative estimate of drug-likeness (QED) is 0.419. The number of guanidine groups is 1. The third-order valence-corrected chi connectivity index (χ3v) is 4.02. The molecule has 0 radical (unpaired) electrons. The van der Waals surface area contributed by atoms with Crippen LogP contribution in [0.15, 0.2) is 46.8 Å². The van der Waals surface area contributed by atoms with Gasteiger partial charge in [0.05, 0.1) is 7.11 Å². The fourth-order valence-corrected chi connectivity index (χ4v) is 2.62. The Morgan fingerprint density at radius 3 is 2.55 bits per heavy atom. The second-order valence-corrected chi connectivity index (χ2v) is 5.56. The number of hydrogen-bond acceptors (Lipinski definition) is 3. The first-order chi connectivity index (χ1) is 10.3. The van der Waals surface area contributed by atoms with Crippen LogP contribution in [0.4, 0.5) is 0 Å². The van der Waals surface area contributed by atoms with Crippen LogP contribution in [0, 0.1) is 0 Å². The lowest BCUT2D eigenvalue weighted by atomic mass is 10.2. The SMILES string of the molecule is CN=C(NCCc1cccs1)NCc1ccc(OC)cc1.I. The molecule has 120 valence electrons. The summed E-state index contributed by atoms with van der Waals surface area (Å²) in [5.74, 6) is 1.69. The van der Waals surface area contributed by atoms with Crippen LogP contribution in [0.1, 0.15) is 10.4 Å². The highest BCUT2D eigenvalue weighted by atomic mass is 127. The number of nitrogens with zero attached hydrogens (tertiary/aromatic N) is 1. The fourth-order valence-electron chi connectivity index (χ4n) is 1.91. The maximum absolute atomic E-state index is 5.15. The molecule has 0 amide bonds. The van der Waals surface area contributed by atoms with Gasteiger partial charge in [0, 0.05) is 25.0 Å². The molecule has 4 nitrogen and oxygen atoms in total. The smallest absolute Gasteiger partial charge is 0.191 e. The summed E-state index contributed by atoms with van der Waals surface area (Å²) in [6, 6.07) is 12.3. The summed E-state index contributed by atoms with van der Waals surface area (Å²) >= 11 is 1.78. The molecular formula is C16H22IN3OS. The molecule has 0 aliphatic rings. The molecule has 0 saturated heterocycles. The maximum atomic E-state index is 5.15. The van der Waals surface area contributed by atoms with Gasteiger partial charge < -0.3 is 15.4 Å². The minimum Gasteiger partial charge on any atom is -0.497 e. The van der Waals surface area contributed by atoms with Gasteiger partial charge in [0.1, 0.15) is 5.75 Å². The number of halogens is 1. The van der Waals surface area contributed by atoms with E-state index >= 15 is 0 Å². The molecule has 0 atom stereocenters. The van der Waals surface area contributed by atoms with Crippen molar-refractivity contribution in [3.05, 3.63) is 52.2 Å². The third kappa shape index (κ3) is 6.23. The first-order valence-electron chi connectivity index (χ1n) is 6.91. The molecular weight excluding hydrogens is 409 g/mol. The van der Waals surface area contributed by atoms with E-state index in [1.807, 2.05) is 24.3 Å². The zero-order valence-corrected chi connectivity index (χ0v) is 16.0. The molecule has 22 heavy (non-hydrogen) atoms. The Morgan fingerprint density at radius 2 is 1.95 bits per heavy atom. The molecule has 1 aromatic heterocycles. The van der Waals surface area contributed by atoms with E-state index < -0.39 is 0 Å². The summed E-state index contributed by atoms with van der Waals surface area (Å²) in [4.78, 5) is 5.61. The van der Waals surface area contributed by atoms with Gasteiger partial charge in [-0.15, -0.1) is 35.3 Å². The summed E-state index contributed by atoms with van der Waals surface area (Å²) in [5, 5.41) is 8.73. The summed E-state index contributed by atoms with van der Waals surface area (Å²) in [5.41, 5.74) is 1.19. The second-order valence-electron chi connectivity index (χ2n) is 4.53. The van der Waals surface area contributed by atoms with Crippen molar-refractivity contribution < 1.29 is 4.74 Å². The molecule has 2 N–H and O–H groups in total. The third-order valence-electron chi connectivity index (χ3n) is 3.09. The van der Waals surface area contributed by atoms with E-state index in [1.54, 1.807) is 25.5 Å². The molecule has 0 saturated carbocycles. The molecule has 2 aromatic rings. The van der Waals surface area contributed by atoms with Gasteiger partial charge in [0.25, 0.3) is 0 Å². The van der Waals surface area contributed by atoms with Crippen molar-refractivity contribution in [3.8, 4) is 5.75 Å². The molecule has 0 unspecified atom stereocenters. The Labute approximate surface area is 153 Å². The van der Waals surface area contributed by atoms with Crippen molar-refractivity contribution in [2.45, 2.75) is 13.0 Å². The van der Waals surface area contributed by atoms with Crippen molar-refractivity contribution in [2.75, 3.05) is 20.7 Å². The summed E-state index contributed by atoms with van der Waals surface area (Å²) < 4.78 is 5.15. The highest BCUT2D eigenvalue weighted by molar-refractivity contribution is 14.0. The van der Waals surface area contributed by atoms with Crippen LogP contribution in [0.5, 0.6) is 5.75 Å². The van der Waals surface area contributed by atoms with E-state index in [2.05, 4.69) is 33.1 Å². The lowest BCUT2D eigenvalue weighted by molar-refractivity contribution is 0.414. The van der Waals surface area contributed by atoms with Crippen molar-refractivity contribution in [3.63, 3.8) is 0 Å². The Kier molecular flexibility index (Phi) is 8.91. The van der Waals surface area contributed by atoms with Crippen LogP contribution < -0.4 is 15.4 Å². The van der Waals surface area contributed by atoms with Gasteiger partial charge in [-0.3, -0.25) is 4.99 Å². The number of benzene rings is 1. The van der Waals surface area contributed by atoms with Gasteiger partial charge in [0.2, 0.25) is 0 Å². The molecule has 1 aromatic carbocycles. The van der Waals surface area contributed by atoms with Crippen LogP contribution >= 0.6 is 35.3 Å². The Bertz CT molecular complexity index is 555. The van der Waals surface area contributed by atoms with Crippen molar-refractivity contribution in [2.24, 2.45) is 4.99 Å². The van der Waals surface area contributed by atoms with Gasteiger partial charge in [-0.25, -0.2) is 0 Å². The number of rotatable bonds is 6. The predicted molar refractivity (Wildman–Crippen MR) is 105 cm³/mol. The normalized spacial score (nSPS) is 10.7. The average Bonchev–Trinajstić information content (AvgIpc) is 3.04. The molecule has 6 heteroatoms. The molecule has 0 aliphatic heterocycles. The lowest BCUT2D eigenvalue weighted by Gasteiger charge is -2.11. The lowest BCUT2D eigenvalue weighted by Crippen LogP contribution is -2.37. The van der Waals surface area contributed by atoms with Gasteiger partial charge in [-0.1, -0.05) is 18.2 Å². The number of thiophene rings is 1. The van der Waals surface area contributed by atoms with Gasteiger partial charge in [0.15, 0.2) is 5.96 Å². The highest BCUT2D eigenvalue weighted by Crippen LogP contribution is 2.11. The number of aliphatic imine (C=N–C) groups is 1. The predicted octanol–water partition coefficient (Wildman–Crippen LogP) is 3.28. The molecule has 0 bridgehead atoms. The summed E-state index contributed by atoms with van der Waals surface area (Å²) in [6.45, 7) is 1.62. The van der Waals surface area contributed by atoms with E-state index in [9.17, 15) is 0 Å². The number of hydrogen-bond donors (Lipinski definition) is 2. The molecule has 0 spiro atoms. The van der Waals surface area contributed by atoms with E-state index in [1.165, 1.54) is 10.4 Å². The van der Waals surface area contributed by atoms with Crippen LogP contribution in [-0.4, -0.2) is 26.7 Å². The number of methoxy groups -OCH3 is 1. The molecule has 0 fully saturated rings. The molecule has 0 aliphatic carbocycles. The van der Waals surface area contributed by atoms with E-state index in [-0.39, 0.29) is 24.0 Å². The monoisotopic (exact) mass is 431 g/mol. The summed E-state index contributed by atoms with van der Waals surface area (Å²) in [6.07, 6.45) is 1.01. The summed E-state index contributed by atoms with van der Waals surface area (Å²) in [7, 11) is 3.46. The zero-order valence-electron chi connectivity index (χ0n) is 12.8. The van der Waals surface area contributed by atoms with Crippen LogP contribution in [0.2, 0.25) is 0 Å². The average molecular weight is 431 g/mol. The van der Waals surface area contributed by atoms with Gasteiger partial charge >= 0.3 is 0 Å². The highest BCUT2D eigenvalue weighted by Gasteiger charge is 1.99. The standard InChI is InChI=1S/C16H21N3OS.HI/c1-17-16(18-10-9-15-4-3-11-21-15)19-12-13-5-7-14(20-2)8-6-13;/h3-8,11H,9-10,12H2,1-2H3,(H2,17,18,19);1H. The molecule has 2 rings (SSSR count). The van der Waals surface area contributed by atoms with Gasteiger partial charge in [-0.2, -0.15) is 0 Å². The van der Waals surface area contributed by atoms with Crippen LogP contribution in [-0.2, 0) is 13.0 Å². The Balaban J connectivity index is 0.00000242. The van der Waals surface area contributed by atoms with E-state index in [0.717, 1.165) is 31.2 Å². The van der Waals surface area contributed by atoms with Gasteiger partial charge in [-0.05, 0) is 35.6 Å². The Hall–Kier alpha value is -1.28. The first-order valence-corrected chi connectivity index (χ1v) is 7.79.